The maximum absolute atomic E-state index is 12.7. The van der Waals surface area contributed by atoms with Crippen molar-refractivity contribution in [1.82, 2.24) is 39.7 Å². The van der Waals surface area contributed by atoms with Gasteiger partial charge in [-0.1, -0.05) is 0 Å². The fourth-order valence-corrected chi connectivity index (χ4v) is 4.18. The summed E-state index contributed by atoms with van der Waals surface area (Å²) in [4.78, 5) is 37.0. The molecule has 1 aliphatic carbocycles. The first kappa shape index (κ1) is 19.8. The zero-order chi connectivity index (χ0) is 21.5. The average Bonchev–Trinajstić information content (AvgIpc) is 3.41. The predicted octanol–water partition coefficient (Wildman–Crippen LogP) is 1.37. The van der Waals surface area contributed by atoms with Gasteiger partial charge in [-0.25, -0.2) is 24.9 Å². The molecule has 162 valence electrons. The van der Waals surface area contributed by atoms with Crippen LogP contribution in [-0.4, -0.2) is 72.0 Å². The molecule has 1 saturated heterocycles. The van der Waals surface area contributed by atoms with Crippen LogP contribution in [0.3, 0.4) is 0 Å². The second-order valence-electron chi connectivity index (χ2n) is 8.31. The molecule has 1 amide bonds. The van der Waals surface area contributed by atoms with Gasteiger partial charge in [0.1, 0.15) is 18.0 Å². The summed E-state index contributed by atoms with van der Waals surface area (Å²) < 4.78 is 2.04. The van der Waals surface area contributed by atoms with E-state index in [1.54, 1.807) is 18.7 Å². The first-order chi connectivity index (χ1) is 15.0. The number of fused-ring (bicyclic) bond motifs is 1. The number of hydrogen-bond acceptors (Lipinski definition) is 8. The number of likely N-dealkylation sites (N-methyl/N-ethyl adjacent to an activating group) is 1. The third-order valence-corrected chi connectivity index (χ3v) is 6.10. The van der Waals surface area contributed by atoms with Gasteiger partial charge >= 0.3 is 0 Å². The molecule has 1 saturated carbocycles. The van der Waals surface area contributed by atoms with Gasteiger partial charge in [-0.05, 0) is 33.1 Å². The third kappa shape index (κ3) is 3.71. The maximum Gasteiger partial charge on any atom is 0.239 e. The summed E-state index contributed by atoms with van der Waals surface area (Å²) in [7, 11) is 1.91. The molecule has 2 unspecified atom stereocenters. The lowest BCUT2D eigenvalue weighted by atomic mass is 10.1. The van der Waals surface area contributed by atoms with E-state index in [0.29, 0.717) is 36.9 Å². The van der Waals surface area contributed by atoms with Crippen molar-refractivity contribution in [2.75, 3.05) is 18.9 Å². The van der Waals surface area contributed by atoms with Crippen LogP contribution in [0.2, 0.25) is 0 Å². The number of rotatable bonds is 6. The van der Waals surface area contributed by atoms with E-state index in [1.807, 2.05) is 23.4 Å². The van der Waals surface area contributed by atoms with E-state index in [-0.39, 0.29) is 18.0 Å². The molecule has 2 atom stereocenters. The molecule has 3 aromatic rings. The van der Waals surface area contributed by atoms with Crippen LogP contribution in [0.4, 0.5) is 5.82 Å². The summed E-state index contributed by atoms with van der Waals surface area (Å²) >= 11 is 0. The molecular formula is C21H27N9O. The minimum Gasteiger partial charge on any atom is -0.364 e. The Kier molecular flexibility index (Phi) is 5.01. The number of anilines is 1. The number of hydrogen-bond donors (Lipinski definition) is 2. The highest BCUT2D eigenvalue weighted by Crippen LogP contribution is 2.29. The van der Waals surface area contributed by atoms with E-state index in [9.17, 15) is 4.79 Å². The van der Waals surface area contributed by atoms with Crippen LogP contribution in [0.1, 0.15) is 32.0 Å². The molecule has 0 radical (unpaired) electrons. The van der Waals surface area contributed by atoms with Crippen molar-refractivity contribution in [1.29, 1.82) is 0 Å². The van der Waals surface area contributed by atoms with Crippen LogP contribution in [-0.2, 0) is 11.3 Å². The van der Waals surface area contributed by atoms with E-state index in [1.165, 1.54) is 0 Å². The van der Waals surface area contributed by atoms with Gasteiger partial charge in [-0.2, -0.15) is 0 Å². The lowest BCUT2D eigenvalue weighted by molar-refractivity contribution is -0.132. The number of carbonyl (C=O) groups is 1. The molecule has 2 N–H and O–H groups in total. The van der Waals surface area contributed by atoms with E-state index in [4.69, 9.17) is 4.98 Å². The summed E-state index contributed by atoms with van der Waals surface area (Å²) in [6.07, 6.45) is 8.07. The zero-order valence-electron chi connectivity index (χ0n) is 18.0. The Morgan fingerprint density at radius 3 is 2.74 bits per heavy atom. The van der Waals surface area contributed by atoms with Crippen LogP contribution in [0, 0.1) is 6.92 Å². The van der Waals surface area contributed by atoms with Crippen LogP contribution in [0.25, 0.3) is 22.6 Å². The topological polar surface area (TPSA) is 114 Å². The van der Waals surface area contributed by atoms with Crippen molar-refractivity contribution in [3.05, 3.63) is 24.5 Å². The molecule has 2 fully saturated rings. The Morgan fingerprint density at radius 1 is 1.26 bits per heavy atom. The Bertz CT molecular complexity index is 1110. The molecule has 4 heterocycles. The molecule has 0 aromatic carbocycles. The largest absolute Gasteiger partial charge is 0.364 e. The second kappa shape index (κ2) is 7.84. The lowest BCUT2D eigenvalue weighted by Gasteiger charge is -2.20. The van der Waals surface area contributed by atoms with Gasteiger partial charge < -0.3 is 20.1 Å². The Morgan fingerprint density at radius 2 is 2.03 bits per heavy atom. The van der Waals surface area contributed by atoms with Gasteiger partial charge in [0.2, 0.25) is 5.91 Å². The summed E-state index contributed by atoms with van der Waals surface area (Å²) in [6.45, 7) is 5.33. The Hall–Kier alpha value is -3.14. The van der Waals surface area contributed by atoms with Crippen molar-refractivity contribution in [3.63, 3.8) is 0 Å². The fraction of sp³-hybridized carbons (Fsp3) is 0.524. The molecule has 10 nitrogen and oxygen atoms in total. The first-order valence-corrected chi connectivity index (χ1v) is 10.8. The number of aryl methyl sites for hydroxylation is 2. The minimum absolute atomic E-state index is 0.0950. The highest BCUT2D eigenvalue weighted by molar-refractivity contribution is 5.87. The molecular weight excluding hydrogens is 394 g/mol. The van der Waals surface area contributed by atoms with Crippen LogP contribution in [0.5, 0.6) is 0 Å². The number of imidazole rings is 1. The number of aromatic nitrogens is 6. The van der Waals surface area contributed by atoms with Gasteiger partial charge in [0.25, 0.3) is 0 Å². The minimum atomic E-state index is -0.158. The number of carbonyl (C=O) groups excluding carboxylic acids is 1. The monoisotopic (exact) mass is 421 g/mol. The summed E-state index contributed by atoms with van der Waals surface area (Å²) in [5.74, 6) is 2.35. The SMILES string of the molecule is CCn1c(-c2cnc(C)nc2)nc2c(NC3CNC(C(=O)N(C)C4CC4)C3)ncnc21. The smallest absolute Gasteiger partial charge is 0.239 e. The van der Waals surface area contributed by atoms with E-state index >= 15 is 0 Å². The quantitative estimate of drug-likeness (QED) is 0.614. The first-order valence-electron chi connectivity index (χ1n) is 10.8. The molecule has 0 bridgehead atoms. The molecule has 31 heavy (non-hydrogen) atoms. The summed E-state index contributed by atoms with van der Waals surface area (Å²) in [6, 6.07) is 0.358. The number of nitrogens with one attached hydrogen (secondary N) is 2. The van der Waals surface area contributed by atoms with E-state index < -0.39 is 0 Å². The summed E-state index contributed by atoms with van der Waals surface area (Å²) in [5, 5.41) is 6.84. The molecule has 0 spiro atoms. The highest BCUT2D eigenvalue weighted by Gasteiger charge is 2.37. The lowest BCUT2D eigenvalue weighted by Crippen LogP contribution is -2.42. The van der Waals surface area contributed by atoms with Crippen molar-refractivity contribution < 1.29 is 4.79 Å². The van der Waals surface area contributed by atoms with Gasteiger partial charge in [-0.15, -0.1) is 0 Å². The zero-order valence-corrected chi connectivity index (χ0v) is 18.0. The van der Waals surface area contributed by atoms with Gasteiger partial charge in [0.05, 0.1) is 11.6 Å². The fourth-order valence-electron chi connectivity index (χ4n) is 4.18. The predicted molar refractivity (Wildman–Crippen MR) is 116 cm³/mol. The number of amides is 1. The second-order valence-corrected chi connectivity index (χ2v) is 8.31. The molecule has 1 aliphatic heterocycles. The number of nitrogens with zero attached hydrogens (tertiary/aromatic N) is 7. The molecule has 3 aromatic heterocycles. The van der Waals surface area contributed by atoms with Gasteiger partial charge in [0.15, 0.2) is 17.0 Å². The van der Waals surface area contributed by atoms with Crippen molar-refractivity contribution in [2.24, 2.45) is 0 Å². The molecule has 2 aliphatic rings. The molecule has 5 rings (SSSR count). The average molecular weight is 422 g/mol. The Balaban J connectivity index is 1.39. The highest BCUT2D eigenvalue weighted by atomic mass is 16.2. The molecule has 10 heteroatoms. The van der Waals surface area contributed by atoms with Crippen molar-refractivity contribution in [2.45, 2.75) is 57.8 Å². The van der Waals surface area contributed by atoms with E-state index in [0.717, 1.165) is 35.7 Å². The Labute approximate surface area is 180 Å². The third-order valence-electron chi connectivity index (χ3n) is 6.10. The summed E-state index contributed by atoms with van der Waals surface area (Å²) in [5.41, 5.74) is 2.32. The van der Waals surface area contributed by atoms with Gasteiger partial charge in [0, 0.05) is 44.6 Å². The standard InChI is InChI=1S/C21H27N9O/c1-4-30-19(13-8-22-12(2)23-9-13)28-17-18(25-11-26-20(17)30)27-14-7-16(24-10-14)21(31)29(3)15-5-6-15/h8-9,11,14-16,24H,4-7,10H2,1-3H3,(H,25,26,27). The normalized spacial score (nSPS) is 20.9. The maximum atomic E-state index is 12.7. The van der Waals surface area contributed by atoms with Crippen LogP contribution in [0.15, 0.2) is 18.7 Å². The van der Waals surface area contributed by atoms with Crippen LogP contribution >= 0.6 is 0 Å². The van der Waals surface area contributed by atoms with Crippen molar-refractivity contribution in [3.8, 4) is 11.4 Å². The van der Waals surface area contributed by atoms with Crippen LogP contribution < -0.4 is 10.6 Å². The van der Waals surface area contributed by atoms with Crippen molar-refractivity contribution >= 4 is 22.9 Å². The van der Waals surface area contributed by atoms with Gasteiger partial charge in [-0.3, -0.25) is 4.79 Å². The van der Waals surface area contributed by atoms with E-state index in [2.05, 4.69) is 37.5 Å².